The van der Waals surface area contributed by atoms with Crippen LogP contribution in [0.4, 0.5) is 0 Å². The molecule has 1 aromatic heterocycles. The minimum Gasteiger partial charge on any atom is -0.316 e. The van der Waals surface area contributed by atoms with E-state index in [1.165, 1.54) is 18.4 Å². The van der Waals surface area contributed by atoms with Crippen LogP contribution in [0, 0.1) is 0 Å². The van der Waals surface area contributed by atoms with E-state index in [1.807, 2.05) is 29.1 Å². The maximum absolute atomic E-state index is 11.8. The van der Waals surface area contributed by atoms with E-state index < -0.39 is 0 Å². The van der Waals surface area contributed by atoms with Crippen molar-refractivity contribution in [1.82, 2.24) is 15.1 Å². The lowest BCUT2D eigenvalue weighted by atomic mass is 9.92. The van der Waals surface area contributed by atoms with Gasteiger partial charge in [-0.05, 0) is 56.0 Å². The van der Waals surface area contributed by atoms with Gasteiger partial charge in [-0.1, -0.05) is 24.3 Å². The van der Waals surface area contributed by atoms with E-state index in [2.05, 4.69) is 34.7 Å². The number of ketones is 1. The number of rotatable bonds is 3. The van der Waals surface area contributed by atoms with Crippen molar-refractivity contribution >= 4 is 16.7 Å². The van der Waals surface area contributed by atoms with Gasteiger partial charge in [0.2, 0.25) is 0 Å². The number of carbonyl (C=O) groups is 1. The first kappa shape index (κ1) is 15.1. The minimum atomic E-state index is 0.0472. The molecule has 0 saturated carbocycles. The fourth-order valence-corrected chi connectivity index (χ4v) is 3.50. The number of hydrogen-bond donors (Lipinski definition) is 1. The molecular formula is C20H21N3O. The van der Waals surface area contributed by atoms with E-state index in [9.17, 15) is 4.79 Å². The summed E-state index contributed by atoms with van der Waals surface area (Å²) in [6.07, 6.45) is 4.48. The molecule has 2 heterocycles. The monoisotopic (exact) mass is 319 g/mol. The van der Waals surface area contributed by atoms with Crippen LogP contribution in [0.15, 0.2) is 48.7 Å². The summed E-state index contributed by atoms with van der Waals surface area (Å²) in [5.41, 5.74) is 3.85. The van der Waals surface area contributed by atoms with Crippen LogP contribution in [0.25, 0.3) is 16.6 Å². The molecule has 4 nitrogen and oxygen atoms in total. The third-order valence-electron chi connectivity index (χ3n) is 4.84. The zero-order chi connectivity index (χ0) is 16.5. The molecule has 4 heteroatoms. The lowest BCUT2D eigenvalue weighted by Crippen LogP contribution is -2.28. The van der Waals surface area contributed by atoms with Gasteiger partial charge in [0.1, 0.15) is 5.52 Å². The second-order valence-corrected chi connectivity index (χ2v) is 6.51. The average Bonchev–Trinajstić information content (AvgIpc) is 3.06. The predicted octanol–water partition coefficient (Wildman–Crippen LogP) is 3.70. The summed E-state index contributed by atoms with van der Waals surface area (Å²) in [6, 6.07) is 14.4. The van der Waals surface area contributed by atoms with Gasteiger partial charge < -0.3 is 5.32 Å². The van der Waals surface area contributed by atoms with Crippen molar-refractivity contribution in [3.05, 3.63) is 59.8 Å². The Kier molecular flexibility index (Phi) is 3.90. The highest BCUT2D eigenvalue weighted by atomic mass is 16.1. The van der Waals surface area contributed by atoms with E-state index in [1.54, 1.807) is 6.92 Å². The first-order valence-corrected chi connectivity index (χ1v) is 8.53. The molecule has 0 amide bonds. The quantitative estimate of drug-likeness (QED) is 0.749. The molecule has 0 spiro atoms. The third-order valence-corrected chi connectivity index (χ3v) is 4.84. The number of fused-ring (bicyclic) bond motifs is 1. The molecule has 3 aromatic rings. The summed E-state index contributed by atoms with van der Waals surface area (Å²) in [6.45, 7) is 3.78. The first-order chi connectivity index (χ1) is 11.7. The lowest BCUT2D eigenvalue weighted by molar-refractivity contribution is 0.101. The van der Waals surface area contributed by atoms with E-state index in [0.717, 1.165) is 29.7 Å². The Balaban J connectivity index is 1.67. The van der Waals surface area contributed by atoms with Crippen molar-refractivity contribution in [2.24, 2.45) is 0 Å². The van der Waals surface area contributed by atoms with Gasteiger partial charge in [-0.2, -0.15) is 5.10 Å². The molecule has 1 saturated heterocycles. The Morgan fingerprint density at radius 3 is 2.75 bits per heavy atom. The molecule has 1 aliphatic rings. The Morgan fingerprint density at radius 1 is 1.21 bits per heavy atom. The number of carbonyl (C=O) groups excluding carboxylic acids is 1. The van der Waals surface area contributed by atoms with Gasteiger partial charge in [0, 0.05) is 23.7 Å². The molecule has 0 radical (unpaired) electrons. The van der Waals surface area contributed by atoms with Crippen LogP contribution in [-0.4, -0.2) is 28.7 Å². The van der Waals surface area contributed by atoms with Crippen LogP contribution in [-0.2, 0) is 0 Å². The van der Waals surface area contributed by atoms with E-state index >= 15 is 0 Å². The highest BCUT2D eigenvalue weighted by Crippen LogP contribution is 2.25. The molecule has 2 aromatic carbocycles. The van der Waals surface area contributed by atoms with Crippen molar-refractivity contribution in [3.63, 3.8) is 0 Å². The fourth-order valence-electron chi connectivity index (χ4n) is 3.50. The number of piperidine rings is 1. The number of Topliss-reactive ketones (excluding diaryl/α,β-unsaturated/α-hetero) is 1. The Bertz CT molecular complexity index is 874. The maximum atomic E-state index is 11.8. The van der Waals surface area contributed by atoms with E-state index in [-0.39, 0.29) is 5.78 Å². The second-order valence-electron chi connectivity index (χ2n) is 6.51. The van der Waals surface area contributed by atoms with Gasteiger partial charge in [-0.25, -0.2) is 4.68 Å². The Morgan fingerprint density at radius 2 is 2.04 bits per heavy atom. The molecule has 24 heavy (non-hydrogen) atoms. The molecule has 1 fully saturated rings. The van der Waals surface area contributed by atoms with Gasteiger partial charge in [0.25, 0.3) is 0 Å². The van der Waals surface area contributed by atoms with Gasteiger partial charge >= 0.3 is 0 Å². The maximum Gasteiger partial charge on any atom is 0.162 e. The zero-order valence-corrected chi connectivity index (χ0v) is 13.8. The fraction of sp³-hybridized carbons (Fsp3) is 0.300. The molecular weight excluding hydrogens is 298 g/mol. The lowest BCUT2D eigenvalue weighted by Gasteiger charge is -2.23. The van der Waals surface area contributed by atoms with Crippen LogP contribution in [0.3, 0.4) is 0 Å². The number of nitrogens with zero attached hydrogens (tertiary/aromatic N) is 2. The largest absolute Gasteiger partial charge is 0.316 e. The van der Waals surface area contributed by atoms with Gasteiger partial charge in [-0.15, -0.1) is 0 Å². The average molecular weight is 319 g/mol. The Labute approximate surface area is 141 Å². The van der Waals surface area contributed by atoms with Crippen molar-refractivity contribution < 1.29 is 4.79 Å². The van der Waals surface area contributed by atoms with Gasteiger partial charge in [-0.3, -0.25) is 4.79 Å². The van der Waals surface area contributed by atoms with Crippen molar-refractivity contribution in [3.8, 4) is 5.69 Å². The second kappa shape index (κ2) is 6.21. The Hall–Kier alpha value is -2.46. The molecule has 0 bridgehead atoms. The molecule has 1 aliphatic heterocycles. The van der Waals surface area contributed by atoms with Crippen molar-refractivity contribution in [2.75, 3.05) is 13.1 Å². The first-order valence-electron chi connectivity index (χ1n) is 8.53. The topological polar surface area (TPSA) is 46.9 Å². The van der Waals surface area contributed by atoms with Crippen LogP contribution in [0.2, 0.25) is 0 Å². The van der Waals surface area contributed by atoms with Crippen LogP contribution < -0.4 is 5.32 Å². The normalized spacial score (nSPS) is 18.0. The zero-order valence-electron chi connectivity index (χ0n) is 13.8. The van der Waals surface area contributed by atoms with E-state index in [4.69, 9.17) is 0 Å². The molecule has 1 atom stereocenters. The van der Waals surface area contributed by atoms with Gasteiger partial charge in [0.15, 0.2) is 5.78 Å². The van der Waals surface area contributed by atoms with Crippen LogP contribution in [0.5, 0.6) is 0 Å². The highest BCUT2D eigenvalue weighted by Gasteiger charge is 2.15. The van der Waals surface area contributed by atoms with E-state index in [0.29, 0.717) is 11.5 Å². The van der Waals surface area contributed by atoms with Crippen molar-refractivity contribution in [1.29, 1.82) is 0 Å². The minimum absolute atomic E-state index is 0.0472. The number of hydrogen-bond acceptors (Lipinski definition) is 3. The standard InChI is InChI=1S/C20H21N3O/c1-14(24)19-6-2-4-17-13-23(22-20(17)19)18-9-7-15(8-10-18)16-5-3-11-21-12-16/h2,4,6-10,13,16,21H,3,5,11-12H2,1H3/t16-/m1/s1. The molecule has 1 N–H and O–H groups in total. The molecule has 0 aliphatic carbocycles. The molecule has 0 unspecified atom stereocenters. The summed E-state index contributed by atoms with van der Waals surface area (Å²) in [7, 11) is 0. The predicted molar refractivity (Wildman–Crippen MR) is 95.9 cm³/mol. The summed E-state index contributed by atoms with van der Waals surface area (Å²) < 4.78 is 1.86. The van der Waals surface area contributed by atoms with Crippen LogP contribution >= 0.6 is 0 Å². The molecule has 122 valence electrons. The summed E-state index contributed by atoms with van der Waals surface area (Å²) >= 11 is 0. The summed E-state index contributed by atoms with van der Waals surface area (Å²) in [4.78, 5) is 11.8. The smallest absolute Gasteiger partial charge is 0.162 e. The van der Waals surface area contributed by atoms with Crippen molar-refractivity contribution in [2.45, 2.75) is 25.7 Å². The number of aromatic nitrogens is 2. The summed E-state index contributed by atoms with van der Waals surface area (Å²) in [5, 5.41) is 9.08. The molecule has 4 rings (SSSR count). The van der Waals surface area contributed by atoms with Crippen LogP contribution in [0.1, 0.15) is 41.6 Å². The highest BCUT2D eigenvalue weighted by molar-refractivity contribution is 6.05. The SMILES string of the molecule is CC(=O)c1cccc2cn(-c3ccc([C@@H]4CCCNC4)cc3)nc12. The number of benzene rings is 2. The van der Waals surface area contributed by atoms with Gasteiger partial charge in [0.05, 0.1) is 5.69 Å². The summed E-state index contributed by atoms with van der Waals surface area (Å²) in [5.74, 6) is 0.653. The third kappa shape index (κ3) is 2.74. The number of nitrogens with one attached hydrogen (secondary N) is 1.